The van der Waals surface area contributed by atoms with Gasteiger partial charge in [0.2, 0.25) is 5.89 Å². The Bertz CT molecular complexity index is 422. The van der Waals surface area contributed by atoms with E-state index in [0.29, 0.717) is 11.7 Å². The summed E-state index contributed by atoms with van der Waals surface area (Å²) in [6.45, 7) is 2.44. The molecule has 0 saturated carbocycles. The van der Waals surface area contributed by atoms with Crippen molar-refractivity contribution in [1.29, 1.82) is 0 Å². The van der Waals surface area contributed by atoms with Crippen LogP contribution in [0, 0.1) is 12.3 Å². The molecule has 0 saturated heterocycles. The van der Waals surface area contributed by atoms with Crippen LogP contribution in [0.15, 0.2) is 4.52 Å². The van der Waals surface area contributed by atoms with Gasteiger partial charge >= 0.3 is 5.97 Å². The summed E-state index contributed by atoms with van der Waals surface area (Å²) < 4.78 is 5.06. The van der Waals surface area contributed by atoms with Gasteiger partial charge in [-0.05, 0) is 6.42 Å². The van der Waals surface area contributed by atoms with E-state index in [9.17, 15) is 4.79 Å². The van der Waals surface area contributed by atoms with Gasteiger partial charge in [-0.3, -0.25) is 9.69 Å². The maximum Gasteiger partial charge on any atom is 0.317 e. The van der Waals surface area contributed by atoms with Crippen molar-refractivity contribution >= 4 is 5.97 Å². The maximum atomic E-state index is 10.6. The van der Waals surface area contributed by atoms with Crippen LogP contribution in [-0.2, 0) is 17.8 Å². The molecule has 1 N–H and O–H groups in total. The molecule has 0 spiro atoms. The summed E-state index contributed by atoms with van der Waals surface area (Å²) in [6, 6.07) is 0. The summed E-state index contributed by atoms with van der Waals surface area (Å²) in [5.41, 5.74) is 0. The molecule has 98 valence electrons. The molecule has 0 aromatic carbocycles. The first-order valence-corrected chi connectivity index (χ1v) is 5.84. The van der Waals surface area contributed by atoms with Crippen molar-refractivity contribution in [2.45, 2.75) is 32.7 Å². The molecule has 0 aliphatic heterocycles. The summed E-state index contributed by atoms with van der Waals surface area (Å²) in [5, 5.41) is 12.6. The van der Waals surface area contributed by atoms with Gasteiger partial charge in [0.15, 0.2) is 5.82 Å². The molecular weight excluding hydrogens is 234 g/mol. The van der Waals surface area contributed by atoms with Crippen LogP contribution in [0.2, 0.25) is 0 Å². The number of carboxylic acids is 1. The Morgan fingerprint density at radius 2 is 2.39 bits per heavy atom. The van der Waals surface area contributed by atoms with Crippen molar-refractivity contribution < 1.29 is 14.4 Å². The zero-order chi connectivity index (χ0) is 13.4. The zero-order valence-electron chi connectivity index (χ0n) is 10.4. The molecule has 6 nitrogen and oxygen atoms in total. The van der Waals surface area contributed by atoms with Crippen molar-refractivity contribution in [2.75, 3.05) is 13.1 Å². The van der Waals surface area contributed by atoms with Gasteiger partial charge in [0, 0.05) is 6.42 Å². The number of carbonyl (C=O) groups is 1. The Morgan fingerprint density at radius 3 is 3.00 bits per heavy atom. The van der Waals surface area contributed by atoms with Crippen LogP contribution in [0.4, 0.5) is 0 Å². The van der Waals surface area contributed by atoms with Crippen LogP contribution in [0.3, 0.4) is 0 Å². The van der Waals surface area contributed by atoms with Crippen molar-refractivity contribution in [3.8, 4) is 12.3 Å². The molecule has 0 aliphatic rings. The highest BCUT2D eigenvalue weighted by atomic mass is 16.5. The lowest BCUT2D eigenvalue weighted by atomic mass is 10.2. The van der Waals surface area contributed by atoms with Gasteiger partial charge in [-0.25, -0.2) is 0 Å². The van der Waals surface area contributed by atoms with Gasteiger partial charge in [0.25, 0.3) is 0 Å². The van der Waals surface area contributed by atoms with Crippen LogP contribution < -0.4 is 0 Å². The summed E-state index contributed by atoms with van der Waals surface area (Å²) in [7, 11) is 0. The molecule has 0 aliphatic carbocycles. The highest BCUT2D eigenvalue weighted by Crippen LogP contribution is 2.05. The van der Waals surface area contributed by atoms with Crippen molar-refractivity contribution in [2.24, 2.45) is 0 Å². The van der Waals surface area contributed by atoms with Crippen molar-refractivity contribution in [1.82, 2.24) is 15.0 Å². The minimum absolute atomic E-state index is 0.142. The van der Waals surface area contributed by atoms with E-state index in [1.165, 1.54) is 0 Å². The second kappa shape index (κ2) is 7.45. The van der Waals surface area contributed by atoms with Crippen LogP contribution in [-0.4, -0.2) is 39.2 Å². The molecule has 0 radical (unpaired) electrons. The van der Waals surface area contributed by atoms with Crippen molar-refractivity contribution in [3.05, 3.63) is 11.7 Å². The largest absolute Gasteiger partial charge is 0.480 e. The fourth-order valence-corrected chi connectivity index (χ4v) is 1.47. The number of aryl methyl sites for hydroxylation is 1. The summed E-state index contributed by atoms with van der Waals surface area (Å²) in [4.78, 5) is 16.4. The molecule has 0 unspecified atom stereocenters. The molecule has 1 rings (SSSR count). The second-order valence-corrected chi connectivity index (χ2v) is 3.95. The number of rotatable bonds is 8. The fourth-order valence-electron chi connectivity index (χ4n) is 1.47. The van der Waals surface area contributed by atoms with E-state index in [0.717, 1.165) is 19.3 Å². The quantitative estimate of drug-likeness (QED) is 0.692. The lowest BCUT2D eigenvalue weighted by Gasteiger charge is -2.13. The number of aromatic nitrogens is 2. The molecule has 0 bridgehead atoms. The number of terminal acetylenes is 1. The molecule has 1 aromatic heterocycles. The number of hydrogen-bond donors (Lipinski definition) is 1. The monoisotopic (exact) mass is 251 g/mol. The Morgan fingerprint density at radius 1 is 1.61 bits per heavy atom. The lowest BCUT2D eigenvalue weighted by molar-refractivity contribution is -0.138. The Balaban J connectivity index is 2.55. The van der Waals surface area contributed by atoms with E-state index in [2.05, 4.69) is 23.0 Å². The number of hydrogen-bond acceptors (Lipinski definition) is 5. The second-order valence-electron chi connectivity index (χ2n) is 3.95. The fraction of sp³-hybridized carbons (Fsp3) is 0.583. The predicted octanol–water partition coefficient (Wildman–Crippen LogP) is 0.932. The smallest absolute Gasteiger partial charge is 0.317 e. The van der Waals surface area contributed by atoms with Gasteiger partial charge < -0.3 is 9.63 Å². The van der Waals surface area contributed by atoms with Gasteiger partial charge in [0.1, 0.15) is 0 Å². The normalized spacial score (nSPS) is 10.5. The lowest BCUT2D eigenvalue weighted by Crippen LogP contribution is -2.29. The van der Waals surface area contributed by atoms with E-state index in [1.54, 1.807) is 4.90 Å². The average Bonchev–Trinajstić information content (AvgIpc) is 2.73. The van der Waals surface area contributed by atoms with E-state index in [1.807, 2.05) is 0 Å². The molecule has 0 atom stereocenters. The number of aliphatic carboxylic acids is 1. The zero-order valence-corrected chi connectivity index (χ0v) is 10.4. The molecule has 18 heavy (non-hydrogen) atoms. The highest BCUT2D eigenvalue weighted by molar-refractivity contribution is 5.69. The van der Waals surface area contributed by atoms with E-state index in [4.69, 9.17) is 16.1 Å². The summed E-state index contributed by atoms with van der Waals surface area (Å²) >= 11 is 0. The first kappa shape index (κ1) is 14.2. The number of unbranched alkanes of at least 4 members (excludes halogenated alkanes) is 1. The number of nitrogens with zero attached hydrogens (tertiary/aromatic N) is 3. The third-order valence-electron chi connectivity index (χ3n) is 2.30. The minimum Gasteiger partial charge on any atom is -0.480 e. The van der Waals surface area contributed by atoms with Crippen LogP contribution in [0.1, 0.15) is 31.5 Å². The third kappa shape index (κ3) is 4.97. The molecule has 0 fully saturated rings. The van der Waals surface area contributed by atoms with Crippen LogP contribution in [0.25, 0.3) is 0 Å². The van der Waals surface area contributed by atoms with Crippen LogP contribution in [0.5, 0.6) is 0 Å². The van der Waals surface area contributed by atoms with Gasteiger partial charge in [-0.15, -0.1) is 6.42 Å². The van der Waals surface area contributed by atoms with Gasteiger partial charge in [-0.1, -0.05) is 24.4 Å². The number of carboxylic acid groups (broad SMARTS) is 1. The van der Waals surface area contributed by atoms with Gasteiger partial charge in [-0.2, -0.15) is 4.98 Å². The van der Waals surface area contributed by atoms with E-state index < -0.39 is 5.97 Å². The van der Waals surface area contributed by atoms with Gasteiger partial charge in [0.05, 0.1) is 19.6 Å². The first-order valence-electron chi connectivity index (χ1n) is 5.84. The SMILES string of the molecule is C#CCN(CC(=O)O)Cc1nc(CCCC)no1. The van der Waals surface area contributed by atoms with E-state index in [-0.39, 0.29) is 19.6 Å². The topological polar surface area (TPSA) is 79.5 Å². The predicted molar refractivity (Wildman–Crippen MR) is 64.7 cm³/mol. The molecular formula is C12H17N3O3. The van der Waals surface area contributed by atoms with Crippen molar-refractivity contribution in [3.63, 3.8) is 0 Å². The molecule has 1 aromatic rings. The molecule has 1 heterocycles. The Labute approximate surface area is 106 Å². The summed E-state index contributed by atoms with van der Waals surface area (Å²) in [6.07, 6.45) is 8.01. The molecule has 6 heteroatoms. The maximum absolute atomic E-state index is 10.6. The Kier molecular flexibility index (Phi) is 5.88. The highest BCUT2D eigenvalue weighted by Gasteiger charge is 2.13. The third-order valence-corrected chi connectivity index (χ3v) is 2.30. The standard InChI is InChI=1S/C12H17N3O3/c1-3-5-6-10-13-11(18-14-10)8-15(7-4-2)9-12(16)17/h2H,3,5-9H2,1H3,(H,16,17). The average molecular weight is 251 g/mol. The minimum atomic E-state index is -0.934. The first-order chi connectivity index (χ1) is 8.65. The van der Waals surface area contributed by atoms with E-state index >= 15 is 0 Å². The molecule has 0 amide bonds. The summed E-state index contributed by atoms with van der Waals surface area (Å²) in [5.74, 6) is 2.53. The Hall–Kier alpha value is -1.87. The van der Waals surface area contributed by atoms with Crippen LogP contribution >= 0.6 is 0 Å².